The molecular formula is C21H26N+. The van der Waals surface area contributed by atoms with E-state index in [1.807, 2.05) is 0 Å². The summed E-state index contributed by atoms with van der Waals surface area (Å²) in [7, 11) is 2.20. The molecule has 1 nitrogen and oxygen atoms in total. The van der Waals surface area contributed by atoms with Crippen LogP contribution in [-0.4, -0.2) is 0 Å². The number of nitrogens with zero attached hydrogens (tertiary/aromatic N) is 1. The Balaban J connectivity index is 1.83. The normalized spacial score (nSPS) is 19.4. The Hall–Kier alpha value is -1.63. The molecule has 0 radical (unpaired) electrons. The van der Waals surface area contributed by atoms with E-state index >= 15 is 0 Å². The summed E-state index contributed by atoms with van der Waals surface area (Å²) < 4.78 is 2.33. The van der Waals surface area contributed by atoms with E-state index in [1.54, 1.807) is 11.1 Å². The van der Waals surface area contributed by atoms with Crippen LogP contribution >= 0.6 is 0 Å². The van der Waals surface area contributed by atoms with Crippen molar-refractivity contribution in [1.82, 2.24) is 0 Å². The average molecular weight is 292 g/mol. The third kappa shape index (κ3) is 2.18. The number of rotatable bonds is 1. The summed E-state index contributed by atoms with van der Waals surface area (Å²) in [4.78, 5) is 0. The largest absolute Gasteiger partial charge is 0.216 e. The Morgan fingerprint density at radius 3 is 2.55 bits per heavy atom. The minimum absolute atomic E-state index is 0.635. The van der Waals surface area contributed by atoms with Gasteiger partial charge in [0.1, 0.15) is 7.05 Å². The minimum atomic E-state index is 0.635. The second-order valence-corrected chi connectivity index (χ2v) is 7.48. The van der Waals surface area contributed by atoms with Crippen LogP contribution in [0, 0.1) is 12.3 Å². The monoisotopic (exact) mass is 292 g/mol. The lowest BCUT2D eigenvalue weighted by Crippen LogP contribution is -2.36. The van der Waals surface area contributed by atoms with Crippen LogP contribution in [0.25, 0.3) is 11.3 Å². The number of fused-ring (bicyclic) bond motifs is 1. The fourth-order valence-corrected chi connectivity index (χ4v) is 4.81. The van der Waals surface area contributed by atoms with Gasteiger partial charge in [-0.2, -0.15) is 0 Å². The number of aromatic nitrogens is 1. The van der Waals surface area contributed by atoms with E-state index in [-0.39, 0.29) is 0 Å². The molecule has 1 aromatic heterocycles. The zero-order chi connectivity index (χ0) is 15.2. The molecule has 1 spiro atoms. The van der Waals surface area contributed by atoms with Gasteiger partial charge in [-0.25, -0.2) is 4.57 Å². The third-order valence-electron chi connectivity index (χ3n) is 6.06. The minimum Gasteiger partial charge on any atom is -0.201 e. The van der Waals surface area contributed by atoms with Gasteiger partial charge >= 0.3 is 0 Å². The molecule has 22 heavy (non-hydrogen) atoms. The van der Waals surface area contributed by atoms with Gasteiger partial charge in [-0.1, -0.05) is 31.0 Å². The molecule has 0 bridgehead atoms. The molecule has 0 N–H and O–H groups in total. The molecule has 1 heteroatoms. The lowest BCUT2D eigenvalue weighted by Gasteiger charge is -2.34. The van der Waals surface area contributed by atoms with Crippen molar-refractivity contribution >= 4 is 0 Å². The molecule has 0 atom stereocenters. The van der Waals surface area contributed by atoms with Gasteiger partial charge in [0.15, 0.2) is 6.20 Å². The van der Waals surface area contributed by atoms with Gasteiger partial charge in [-0.05, 0) is 61.6 Å². The molecule has 1 saturated carbocycles. The zero-order valence-electron chi connectivity index (χ0n) is 13.9. The first-order chi connectivity index (χ1) is 10.7. The highest BCUT2D eigenvalue weighted by molar-refractivity contribution is 5.65. The predicted octanol–water partition coefficient (Wildman–Crippen LogP) is 4.54. The molecule has 0 unspecified atom stereocenters. The molecule has 2 aliphatic rings. The van der Waals surface area contributed by atoms with Crippen molar-refractivity contribution in [3.8, 4) is 11.3 Å². The number of benzene rings is 1. The third-order valence-corrected chi connectivity index (χ3v) is 6.06. The van der Waals surface area contributed by atoms with E-state index in [9.17, 15) is 0 Å². The molecule has 1 heterocycles. The van der Waals surface area contributed by atoms with Crippen LogP contribution in [0.4, 0.5) is 0 Å². The van der Waals surface area contributed by atoms with E-state index < -0.39 is 0 Å². The van der Waals surface area contributed by atoms with Gasteiger partial charge < -0.3 is 0 Å². The van der Waals surface area contributed by atoms with Crippen molar-refractivity contribution < 1.29 is 4.57 Å². The number of pyridine rings is 1. The molecule has 2 aliphatic carbocycles. The van der Waals surface area contributed by atoms with Crippen molar-refractivity contribution in [2.75, 3.05) is 0 Å². The predicted molar refractivity (Wildman–Crippen MR) is 90.7 cm³/mol. The van der Waals surface area contributed by atoms with Gasteiger partial charge in [0.05, 0.1) is 0 Å². The summed E-state index contributed by atoms with van der Waals surface area (Å²) in [6, 6.07) is 11.2. The first-order valence-corrected chi connectivity index (χ1v) is 8.75. The second-order valence-electron chi connectivity index (χ2n) is 7.48. The fraction of sp³-hybridized carbons (Fsp3) is 0.476. The SMILES string of the molecule is Cc1ccccc1-c1c2c(cc[n+]1C)CC1(CCCC1)CC2. The molecular weight excluding hydrogens is 266 g/mol. The maximum Gasteiger partial charge on any atom is 0.216 e. The van der Waals surface area contributed by atoms with Crippen molar-refractivity contribution in [1.29, 1.82) is 0 Å². The number of hydrogen-bond donors (Lipinski definition) is 0. The summed E-state index contributed by atoms with van der Waals surface area (Å²) in [5.41, 5.74) is 8.09. The van der Waals surface area contributed by atoms with Crippen LogP contribution in [0.15, 0.2) is 36.5 Å². The Bertz CT molecular complexity index is 708. The van der Waals surface area contributed by atoms with Crippen LogP contribution < -0.4 is 4.57 Å². The Kier molecular flexibility index (Phi) is 3.32. The number of aryl methyl sites for hydroxylation is 2. The van der Waals surface area contributed by atoms with Crippen LogP contribution in [0.2, 0.25) is 0 Å². The zero-order valence-corrected chi connectivity index (χ0v) is 13.9. The summed E-state index contributed by atoms with van der Waals surface area (Å²) in [6.45, 7) is 2.23. The van der Waals surface area contributed by atoms with Crippen molar-refractivity contribution in [2.24, 2.45) is 12.5 Å². The lowest BCUT2D eigenvalue weighted by molar-refractivity contribution is -0.660. The van der Waals surface area contributed by atoms with Gasteiger partial charge in [-0.15, -0.1) is 0 Å². The van der Waals surface area contributed by atoms with Gasteiger partial charge in [0, 0.05) is 17.2 Å². The Morgan fingerprint density at radius 1 is 1.00 bits per heavy atom. The van der Waals surface area contributed by atoms with Gasteiger partial charge in [0.25, 0.3) is 0 Å². The van der Waals surface area contributed by atoms with Crippen molar-refractivity contribution in [3.63, 3.8) is 0 Å². The highest BCUT2D eigenvalue weighted by atomic mass is 14.9. The fourth-order valence-electron chi connectivity index (χ4n) is 4.81. The van der Waals surface area contributed by atoms with Gasteiger partial charge in [0.2, 0.25) is 5.69 Å². The quantitative estimate of drug-likeness (QED) is 0.680. The van der Waals surface area contributed by atoms with E-state index in [0.29, 0.717) is 5.41 Å². The Morgan fingerprint density at radius 2 is 1.77 bits per heavy atom. The molecule has 114 valence electrons. The van der Waals surface area contributed by atoms with Crippen molar-refractivity contribution in [3.05, 3.63) is 53.2 Å². The first-order valence-electron chi connectivity index (χ1n) is 8.75. The van der Waals surface area contributed by atoms with E-state index in [0.717, 1.165) is 0 Å². The maximum atomic E-state index is 2.39. The standard InChI is InChI=1S/C21H26N/c1-16-7-3-4-8-18(16)20-19-9-13-21(11-5-6-12-21)15-17(19)10-14-22(20)2/h3-4,7-8,10,14H,5-6,9,11-13,15H2,1-2H3/q+1. The first kappa shape index (κ1) is 14.0. The molecule has 2 aromatic rings. The Labute approximate surface area is 134 Å². The summed E-state index contributed by atoms with van der Waals surface area (Å²) >= 11 is 0. The maximum absolute atomic E-state index is 2.39. The molecule has 0 aliphatic heterocycles. The smallest absolute Gasteiger partial charge is 0.201 e. The number of hydrogen-bond acceptors (Lipinski definition) is 0. The van der Waals surface area contributed by atoms with E-state index in [1.165, 1.54) is 61.8 Å². The molecule has 1 aromatic carbocycles. The summed E-state index contributed by atoms with van der Waals surface area (Å²) in [6.07, 6.45) is 12.0. The van der Waals surface area contributed by atoms with Gasteiger partial charge in [-0.3, -0.25) is 0 Å². The van der Waals surface area contributed by atoms with E-state index in [2.05, 4.69) is 55.1 Å². The molecule has 0 saturated heterocycles. The highest BCUT2D eigenvalue weighted by Gasteiger charge is 2.39. The van der Waals surface area contributed by atoms with Crippen LogP contribution in [-0.2, 0) is 19.9 Å². The van der Waals surface area contributed by atoms with Crippen molar-refractivity contribution in [2.45, 2.75) is 51.9 Å². The molecule has 0 amide bonds. The van der Waals surface area contributed by atoms with E-state index in [4.69, 9.17) is 0 Å². The lowest BCUT2D eigenvalue weighted by atomic mass is 9.70. The van der Waals surface area contributed by atoms with Crippen LogP contribution in [0.1, 0.15) is 48.8 Å². The topological polar surface area (TPSA) is 3.88 Å². The van der Waals surface area contributed by atoms with Crippen LogP contribution in [0.5, 0.6) is 0 Å². The summed E-state index contributed by atoms with van der Waals surface area (Å²) in [5, 5.41) is 0. The van der Waals surface area contributed by atoms with Crippen LogP contribution in [0.3, 0.4) is 0 Å². The highest BCUT2D eigenvalue weighted by Crippen LogP contribution is 2.48. The second kappa shape index (κ2) is 5.22. The molecule has 1 fully saturated rings. The molecule has 4 rings (SSSR count). The summed E-state index contributed by atoms with van der Waals surface area (Å²) in [5.74, 6) is 0. The average Bonchev–Trinajstić information content (AvgIpc) is 2.97.